The lowest BCUT2D eigenvalue weighted by atomic mass is 9.99. The smallest absolute Gasteiger partial charge is 0.251 e. The highest BCUT2D eigenvalue weighted by Gasteiger charge is 2.28. The first kappa shape index (κ1) is 17.1. The summed E-state index contributed by atoms with van der Waals surface area (Å²) in [6.07, 6.45) is 3.44. The van der Waals surface area contributed by atoms with Gasteiger partial charge < -0.3 is 15.0 Å². The maximum absolute atomic E-state index is 12.3. The van der Waals surface area contributed by atoms with Crippen molar-refractivity contribution in [3.05, 3.63) is 29.8 Å². The summed E-state index contributed by atoms with van der Waals surface area (Å²) in [7, 11) is 0. The number of imide groups is 1. The van der Waals surface area contributed by atoms with Gasteiger partial charge in [-0.25, -0.2) is 0 Å². The topological polar surface area (TPSA) is 95.6 Å². The normalized spacial score (nSPS) is 23.8. The van der Waals surface area contributed by atoms with E-state index < -0.39 is 11.9 Å². The summed E-state index contributed by atoms with van der Waals surface area (Å²) in [5.41, 5.74) is 1.43. The van der Waals surface area contributed by atoms with Crippen LogP contribution in [-0.4, -0.2) is 43.1 Å². The Bertz CT molecular complexity index is 686. The van der Waals surface area contributed by atoms with Crippen molar-refractivity contribution in [3.8, 4) is 0 Å². The maximum atomic E-state index is 12.3. The molecular formula is C18H21N3O4. The number of amides is 3. The van der Waals surface area contributed by atoms with Crippen LogP contribution in [0.25, 0.3) is 0 Å². The number of anilines is 1. The Morgan fingerprint density at radius 2 is 1.96 bits per heavy atom. The number of piperidine rings is 2. The molecule has 2 aliphatic heterocycles. The number of rotatable bonds is 4. The molecule has 2 N–H and O–H groups in total. The number of carbonyl (C=O) groups excluding carboxylic acids is 4. The Morgan fingerprint density at radius 1 is 1.20 bits per heavy atom. The molecule has 0 bridgehead atoms. The number of aldehydes is 1. The van der Waals surface area contributed by atoms with Crippen molar-refractivity contribution in [2.45, 2.75) is 31.7 Å². The van der Waals surface area contributed by atoms with Gasteiger partial charge in [-0.1, -0.05) is 0 Å². The van der Waals surface area contributed by atoms with Crippen LogP contribution >= 0.6 is 0 Å². The monoisotopic (exact) mass is 343 g/mol. The van der Waals surface area contributed by atoms with E-state index in [2.05, 4.69) is 15.5 Å². The fourth-order valence-corrected chi connectivity index (χ4v) is 3.25. The minimum atomic E-state index is -0.680. The Morgan fingerprint density at radius 3 is 2.64 bits per heavy atom. The molecule has 2 atom stereocenters. The molecule has 3 rings (SSSR count). The Kier molecular flexibility index (Phi) is 5.11. The van der Waals surface area contributed by atoms with E-state index in [-0.39, 0.29) is 24.2 Å². The second kappa shape index (κ2) is 7.46. The molecule has 2 fully saturated rings. The molecule has 1 aromatic carbocycles. The lowest BCUT2D eigenvalue weighted by Crippen LogP contribution is -2.52. The molecule has 2 saturated heterocycles. The van der Waals surface area contributed by atoms with E-state index in [1.807, 2.05) is 12.1 Å². The van der Waals surface area contributed by atoms with Gasteiger partial charge in [0.25, 0.3) is 5.91 Å². The molecule has 7 heteroatoms. The predicted molar refractivity (Wildman–Crippen MR) is 91.1 cm³/mol. The van der Waals surface area contributed by atoms with Crippen molar-refractivity contribution in [2.24, 2.45) is 5.92 Å². The molecular weight excluding hydrogens is 322 g/mol. The summed E-state index contributed by atoms with van der Waals surface area (Å²) in [4.78, 5) is 48.3. The summed E-state index contributed by atoms with van der Waals surface area (Å²) >= 11 is 0. The summed E-state index contributed by atoms with van der Waals surface area (Å²) in [6, 6.07) is 6.45. The minimum Gasteiger partial charge on any atom is -0.371 e. The van der Waals surface area contributed by atoms with E-state index in [1.54, 1.807) is 12.1 Å². The van der Waals surface area contributed by atoms with E-state index in [4.69, 9.17) is 0 Å². The number of carbonyl (C=O) groups is 4. The third kappa shape index (κ3) is 4.04. The van der Waals surface area contributed by atoms with E-state index in [1.165, 1.54) is 0 Å². The number of nitrogens with zero attached hydrogens (tertiary/aromatic N) is 1. The molecule has 1 aromatic rings. The van der Waals surface area contributed by atoms with E-state index >= 15 is 0 Å². The van der Waals surface area contributed by atoms with Gasteiger partial charge in [0.2, 0.25) is 11.8 Å². The summed E-state index contributed by atoms with van der Waals surface area (Å²) in [5.74, 6) is -1.06. The van der Waals surface area contributed by atoms with Gasteiger partial charge in [-0.2, -0.15) is 0 Å². The Hall–Kier alpha value is -2.70. The molecule has 2 heterocycles. The van der Waals surface area contributed by atoms with Gasteiger partial charge in [-0.05, 0) is 43.5 Å². The van der Waals surface area contributed by atoms with Gasteiger partial charge in [0.05, 0.1) is 0 Å². The third-order valence-electron chi connectivity index (χ3n) is 4.69. The molecule has 0 spiro atoms. The summed E-state index contributed by atoms with van der Waals surface area (Å²) in [6.45, 7) is 1.59. The van der Waals surface area contributed by atoms with Gasteiger partial charge in [0.15, 0.2) is 0 Å². The molecule has 25 heavy (non-hydrogen) atoms. The first-order valence-electron chi connectivity index (χ1n) is 8.51. The second-order valence-corrected chi connectivity index (χ2v) is 6.51. The van der Waals surface area contributed by atoms with Gasteiger partial charge in [0, 0.05) is 36.7 Å². The number of nitrogens with one attached hydrogen (secondary N) is 2. The standard InChI is InChI=1S/C18H21N3O4/c22-11-12-2-1-9-21(10-12)14-5-3-13(4-6-14)17(24)19-15-7-8-16(23)20-18(15)25/h3-6,11-12,15H,1-2,7-10H2,(H,19,24)(H,20,23,25). The third-order valence-corrected chi connectivity index (χ3v) is 4.69. The molecule has 3 amide bonds. The highest BCUT2D eigenvalue weighted by molar-refractivity contribution is 6.03. The van der Waals surface area contributed by atoms with Crippen LogP contribution in [0.15, 0.2) is 24.3 Å². The van der Waals surface area contributed by atoms with Gasteiger partial charge >= 0.3 is 0 Å². The van der Waals surface area contributed by atoms with Crippen molar-refractivity contribution >= 4 is 29.7 Å². The van der Waals surface area contributed by atoms with E-state index in [9.17, 15) is 19.2 Å². The Labute approximate surface area is 145 Å². The van der Waals surface area contributed by atoms with Crippen LogP contribution in [0.5, 0.6) is 0 Å². The van der Waals surface area contributed by atoms with Crippen LogP contribution in [0.3, 0.4) is 0 Å². The molecule has 132 valence electrons. The van der Waals surface area contributed by atoms with Crippen LogP contribution in [0.1, 0.15) is 36.0 Å². The minimum absolute atomic E-state index is 0.0595. The summed E-state index contributed by atoms with van der Waals surface area (Å²) < 4.78 is 0. The quantitative estimate of drug-likeness (QED) is 0.618. The van der Waals surface area contributed by atoms with Crippen molar-refractivity contribution in [3.63, 3.8) is 0 Å². The van der Waals surface area contributed by atoms with Gasteiger partial charge in [0.1, 0.15) is 12.3 Å². The van der Waals surface area contributed by atoms with Gasteiger partial charge in [-0.3, -0.25) is 19.7 Å². The lowest BCUT2D eigenvalue weighted by molar-refractivity contribution is -0.134. The number of hydrogen-bond donors (Lipinski definition) is 2. The molecule has 7 nitrogen and oxygen atoms in total. The van der Waals surface area contributed by atoms with Crippen LogP contribution in [-0.2, 0) is 14.4 Å². The molecule has 2 unspecified atom stereocenters. The SMILES string of the molecule is O=CC1CCCN(c2ccc(C(=O)NC3CCC(=O)NC3=O)cc2)C1. The first-order chi connectivity index (χ1) is 12.1. The van der Waals surface area contributed by atoms with Crippen molar-refractivity contribution < 1.29 is 19.2 Å². The lowest BCUT2D eigenvalue weighted by Gasteiger charge is -2.32. The Balaban J connectivity index is 1.61. The molecule has 2 aliphatic rings. The number of benzene rings is 1. The molecule has 0 radical (unpaired) electrons. The number of hydrogen-bond acceptors (Lipinski definition) is 5. The summed E-state index contributed by atoms with van der Waals surface area (Å²) in [5, 5.41) is 4.88. The van der Waals surface area contributed by atoms with Gasteiger partial charge in [-0.15, -0.1) is 0 Å². The van der Waals surface area contributed by atoms with Crippen LogP contribution < -0.4 is 15.5 Å². The zero-order valence-corrected chi connectivity index (χ0v) is 13.9. The van der Waals surface area contributed by atoms with E-state index in [0.717, 1.165) is 31.4 Å². The van der Waals surface area contributed by atoms with Crippen LogP contribution in [0, 0.1) is 5.92 Å². The largest absolute Gasteiger partial charge is 0.371 e. The predicted octanol–water partition coefficient (Wildman–Crippen LogP) is 0.637. The zero-order valence-electron chi connectivity index (χ0n) is 13.9. The highest BCUT2D eigenvalue weighted by atomic mass is 16.2. The zero-order chi connectivity index (χ0) is 17.8. The fourth-order valence-electron chi connectivity index (χ4n) is 3.25. The average molecular weight is 343 g/mol. The molecule has 0 saturated carbocycles. The molecule has 0 aromatic heterocycles. The fraction of sp³-hybridized carbons (Fsp3) is 0.444. The molecule has 0 aliphatic carbocycles. The van der Waals surface area contributed by atoms with Crippen LogP contribution in [0.4, 0.5) is 5.69 Å². The second-order valence-electron chi connectivity index (χ2n) is 6.51. The maximum Gasteiger partial charge on any atom is 0.251 e. The van der Waals surface area contributed by atoms with Crippen molar-refractivity contribution in [2.75, 3.05) is 18.0 Å². The van der Waals surface area contributed by atoms with Crippen molar-refractivity contribution in [1.29, 1.82) is 0 Å². The highest BCUT2D eigenvalue weighted by Crippen LogP contribution is 2.22. The van der Waals surface area contributed by atoms with Crippen molar-refractivity contribution in [1.82, 2.24) is 10.6 Å². The average Bonchev–Trinajstić information content (AvgIpc) is 2.64. The van der Waals surface area contributed by atoms with E-state index in [0.29, 0.717) is 18.5 Å². The van der Waals surface area contributed by atoms with Crippen LogP contribution in [0.2, 0.25) is 0 Å². The first-order valence-corrected chi connectivity index (χ1v) is 8.51.